The fourth-order valence-electron chi connectivity index (χ4n) is 1.63. The van der Waals surface area contributed by atoms with Gasteiger partial charge in [0.1, 0.15) is 0 Å². The van der Waals surface area contributed by atoms with Crippen LogP contribution in [0.1, 0.15) is 44.5 Å². The van der Waals surface area contributed by atoms with Gasteiger partial charge in [0.2, 0.25) is 11.8 Å². The fourth-order valence-corrected chi connectivity index (χ4v) is 2.41. The highest BCUT2D eigenvalue weighted by Crippen LogP contribution is 2.22. The quantitative estimate of drug-likeness (QED) is 0.715. The third kappa shape index (κ3) is 5.71. The normalized spacial score (nSPS) is 15.2. The van der Waals surface area contributed by atoms with E-state index in [4.69, 9.17) is 0 Å². The molecule has 5 nitrogen and oxygen atoms in total. The van der Waals surface area contributed by atoms with Crippen LogP contribution in [-0.2, 0) is 9.59 Å². The van der Waals surface area contributed by atoms with Crippen LogP contribution in [0.4, 0.5) is 0 Å². The van der Waals surface area contributed by atoms with Crippen molar-refractivity contribution >= 4 is 23.2 Å². The molecule has 1 aromatic rings. The number of carbonyl (C=O) groups excluding carboxylic acids is 2. The fraction of sp³-hybridized carbons (Fsp3) is 0.571. The van der Waals surface area contributed by atoms with E-state index in [1.165, 1.54) is 18.3 Å². The van der Waals surface area contributed by atoms with Gasteiger partial charge in [-0.2, -0.15) is 0 Å². The lowest BCUT2D eigenvalue weighted by atomic mass is 10.0. The van der Waals surface area contributed by atoms with Gasteiger partial charge in [-0.1, -0.05) is 13.0 Å². The summed E-state index contributed by atoms with van der Waals surface area (Å²) in [6, 6.07) is 3.45. The Balaban J connectivity index is 2.57. The van der Waals surface area contributed by atoms with Crippen molar-refractivity contribution in [2.24, 2.45) is 0 Å². The van der Waals surface area contributed by atoms with Crippen LogP contribution < -0.4 is 10.6 Å². The van der Waals surface area contributed by atoms with E-state index in [-0.39, 0.29) is 30.8 Å². The minimum atomic E-state index is -0.901. The summed E-state index contributed by atoms with van der Waals surface area (Å²) in [5.41, 5.74) is -0.901. The summed E-state index contributed by atoms with van der Waals surface area (Å²) in [6.45, 7) is 5.18. The number of thiophene rings is 1. The molecule has 1 rings (SSSR count). The van der Waals surface area contributed by atoms with Gasteiger partial charge in [-0.25, -0.2) is 0 Å². The second-order valence-corrected chi connectivity index (χ2v) is 6.08. The number of nitrogens with one attached hydrogen (secondary N) is 2. The molecule has 1 heterocycles. The summed E-state index contributed by atoms with van der Waals surface area (Å²) in [6.07, 6.45) is 0.729. The van der Waals surface area contributed by atoms with Crippen LogP contribution in [-0.4, -0.2) is 29.1 Å². The maximum absolute atomic E-state index is 11.9. The predicted octanol–water partition coefficient (Wildman–Crippen LogP) is 1.59. The van der Waals surface area contributed by atoms with Gasteiger partial charge in [0.15, 0.2) is 0 Å². The zero-order valence-corrected chi connectivity index (χ0v) is 12.9. The number of aliphatic hydroxyl groups is 1. The Labute approximate surface area is 123 Å². The topological polar surface area (TPSA) is 78.4 Å². The molecular formula is C14H22N2O3S. The molecule has 0 radical (unpaired) electrons. The molecule has 0 spiro atoms. The maximum Gasteiger partial charge on any atom is 0.222 e. The lowest BCUT2D eigenvalue weighted by molar-refractivity contribution is -0.123. The molecule has 0 saturated carbocycles. The van der Waals surface area contributed by atoms with Crippen LogP contribution in [0.2, 0.25) is 0 Å². The summed E-state index contributed by atoms with van der Waals surface area (Å²) in [4.78, 5) is 24.1. The molecule has 6 heteroatoms. The Morgan fingerprint density at radius 3 is 2.70 bits per heavy atom. The molecule has 1 aromatic heterocycles. The van der Waals surface area contributed by atoms with E-state index in [1.807, 2.05) is 24.4 Å². The van der Waals surface area contributed by atoms with Crippen LogP contribution in [0.25, 0.3) is 0 Å². The molecule has 2 atom stereocenters. The average Bonchev–Trinajstić information content (AvgIpc) is 2.89. The van der Waals surface area contributed by atoms with E-state index in [1.54, 1.807) is 6.92 Å². The predicted molar refractivity (Wildman–Crippen MR) is 79.4 cm³/mol. The van der Waals surface area contributed by atoms with E-state index >= 15 is 0 Å². The van der Waals surface area contributed by atoms with Crippen LogP contribution in [0.15, 0.2) is 17.5 Å². The molecule has 0 aliphatic carbocycles. The highest BCUT2D eigenvalue weighted by atomic mass is 32.1. The number of hydrogen-bond acceptors (Lipinski definition) is 4. The molecule has 112 valence electrons. The van der Waals surface area contributed by atoms with Gasteiger partial charge in [-0.05, 0) is 24.8 Å². The molecule has 2 amide bonds. The second-order valence-electron chi connectivity index (χ2n) is 5.10. The molecule has 0 bridgehead atoms. The Morgan fingerprint density at radius 1 is 1.50 bits per heavy atom. The highest BCUT2D eigenvalue weighted by molar-refractivity contribution is 7.10. The lowest BCUT2D eigenvalue weighted by Crippen LogP contribution is -2.41. The van der Waals surface area contributed by atoms with Gasteiger partial charge < -0.3 is 15.7 Å². The van der Waals surface area contributed by atoms with Crippen LogP contribution >= 0.6 is 11.3 Å². The first-order valence-electron chi connectivity index (χ1n) is 6.63. The molecule has 3 N–H and O–H groups in total. The van der Waals surface area contributed by atoms with Crippen molar-refractivity contribution in [3.05, 3.63) is 22.4 Å². The van der Waals surface area contributed by atoms with E-state index in [0.717, 1.165) is 4.88 Å². The SMILES string of the molecule is CCC(C)(O)CNC(=O)CC(NC(C)=O)c1cccs1. The Bertz CT molecular complexity index is 443. The monoisotopic (exact) mass is 298 g/mol. The van der Waals surface area contributed by atoms with Crippen molar-refractivity contribution in [2.45, 2.75) is 45.3 Å². The van der Waals surface area contributed by atoms with Gasteiger partial charge in [0, 0.05) is 18.3 Å². The Morgan fingerprint density at radius 2 is 2.20 bits per heavy atom. The largest absolute Gasteiger partial charge is 0.388 e. The van der Waals surface area contributed by atoms with Gasteiger partial charge in [-0.15, -0.1) is 11.3 Å². The molecule has 0 aromatic carbocycles. The van der Waals surface area contributed by atoms with Crippen LogP contribution in [0, 0.1) is 0 Å². The van der Waals surface area contributed by atoms with Crippen LogP contribution in [0.5, 0.6) is 0 Å². The first kappa shape index (κ1) is 16.7. The maximum atomic E-state index is 11.9. The standard InChI is InChI=1S/C14H22N2O3S/c1-4-14(3,19)9-15-13(18)8-11(16-10(2)17)12-6-5-7-20-12/h5-7,11,19H,4,8-9H2,1-3H3,(H,15,18)(H,16,17). The van der Waals surface area contributed by atoms with Crippen LogP contribution in [0.3, 0.4) is 0 Å². The smallest absolute Gasteiger partial charge is 0.222 e. The molecule has 0 fully saturated rings. The van der Waals surface area contributed by atoms with Crippen molar-refractivity contribution < 1.29 is 14.7 Å². The minimum absolute atomic E-state index is 0.167. The zero-order valence-electron chi connectivity index (χ0n) is 12.1. The third-order valence-corrected chi connectivity index (χ3v) is 4.07. The molecule has 0 aliphatic rings. The number of hydrogen-bond donors (Lipinski definition) is 3. The first-order valence-corrected chi connectivity index (χ1v) is 7.51. The number of carbonyl (C=O) groups is 2. The summed E-state index contributed by atoms with van der Waals surface area (Å²) in [5.74, 6) is -0.359. The van der Waals surface area contributed by atoms with Crippen molar-refractivity contribution in [2.75, 3.05) is 6.54 Å². The lowest BCUT2D eigenvalue weighted by Gasteiger charge is -2.22. The first-order chi connectivity index (χ1) is 9.34. The van der Waals surface area contributed by atoms with Gasteiger partial charge in [-0.3, -0.25) is 9.59 Å². The summed E-state index contributed by atoms with van der Waals surface area (Å²) in [7, 11) is 0. The Hall–Kier alpha value is -1.40. The molecule has 20 heavy (non-hydrogen) atoms. The average molecular weight is 298 g/mol. The number of amides is 2. The second kappa shape index (κ2) is 7.40. The van der Waals surface area contributed by atoms with E-state index in [2.05, 4.69) is 10.6 Å². The van der Waals surface area contributed by atoms with Crippen molar-refractivity contribution in [3.63, 3.8) is 0 Å². The van der Waals surface area contributed by atoms with Crippen molar-refractivity contribution in [1.29, 1.82) is 0 Å². The molecule has 0 aliphatic heterocycles. The summed E-state index contributed by atoms with van der Waals surface area (Å²) < 4.78 is 0. The van der Waals surface area contributed by atoms with Gasteiger partial charge in [0.05, 0.1) is 18.1 Å². The van der Waals surface area contributed by atoms with E-state index in [9.17, 15) is 14.7 Å². The number of rotatable bonds is 7. The molecule has 0 saturated heterocycles. The minimum Gasteiger partial charge on any atom is -0.388 e. The zero-order chi connectivity index (χ0) is 15.2. The van der Waals surface area contributed by atoms with Gasteiger partial charge in [0.25, 0.3) is 0 Å². The van der Waals surface area contributed by atoms with E-state index in [0.29, 0.717) is 6.42 Å². The summed E-state index contributed by atoms with van der Waals surface area (Å²) >= 11 is 1.50. The highest BCUT2D eigenvalue weighted by Gasteiger charge is 2.21. The third-order valence-electron chi connectivity index (χ3n) is 3.08. The van der Waals surface area contributed by atoms with Crippen molar-refractivity contribution in [3.8, 4) is 0 Å². The molecular weight excluding hydrogens is 276 g/mol. The van der Waals surface area contributed by atoms with Crippen molar-refractivity contribution in [1.82, 2.24) is 10.6 Å². The van der Waals surface area contributed by atoms with Gasteiger partial charge >= 0.3 is 0 Å². The summed E-state index contributed by atoms with van der Waals surface area (Å²) in [5, 5.41) is 17.2. The Kier molecular flexibility index (Phi) is 6.16. The van der Waals surface area contributed by atoms with E-state index < -0.39 is 5.60 Å². The molecule has 2 unspecified atom stereocenters.